The van der Waals surface area contributed by atoms with E-state index in [9.17, 15) is 4.79 Å². The van der Waals surface area contributed by atoms with Gasteiger partial charge in [0, 0.05) is 19.4 Å². The molecule has 114 valence electrons. The van der Waals surface area contributed by atoms with E-state index in [0.717, 1.165) is 18.8 Å². The van der Waals surface area contributed by atoms with Gasteiger partial charge in [0.1, 0.15) is 5.75 Å². The molecule has 0 bridgehead atoms. The minimum atomic E-state index is 0.0752. The normalized spacial score (nSPS) is 14.4. The van der Waals surface area contributed by atoms with Crippen LogP contribution in [0.15, 0.2) is 30.9 Å². The number of amides is 1. The molecule has 0 aromatic heterocycles. The molecule has 1 aromatic rings. The molecule has 1 aliphatic heterocycles. The Balaban J connectivity index is 2.02. The van der Waals surface area contributed by atoms with Gasteiger partial charge < -0.3 is 15.0 Å². The molecule has 0 saturated carbocycles. The number of carbonyl (C=O) groups excluding carboxylic acids is 1. The topological polar surface area (TPSA) is 41.6 Å². The Kier molecular flexibility index (Phi) is 5.39. The fraction of sp³-hybridized carbons (Fsp3) is 0.471. The number of nitrogens with zero attached hydrogens (tertiary/aromatic N) is 1. The Morgan fingerprint density at radius 2 is 2.33 bits per heavy atom. The fourth-order valence-electron chi connectivity index (χ4n) is 2.54. The molecule has 21 heavy (non-hydrogen) atoms. The second-order valence-corrected chi connectivity index (χ2v) is 5.58. The van der Waals surface area contributed by atoms with Crippen LogP contribution in [0.5, 0.6) is 5.75 Å². The maximum absolute atomic E-state index is 11.8. The van der Waals surface area contributed by atoms with Gasteiger partial charge in [-0.15, -0.1) is 6.58 Å². The molecule has 1 heterocycles. The van der Waals surface area contributed by atoms with Crippen molar-refractivity contribution in [3.8, 4) is 5.75 Å². The van der Waals surface area contributed by atoms with Gasteiger partial charge in [0.25, 0.3) is 0 Å². The summed E-state index contributed by atoms with van der Waals surface area (Å²) >= 11 is 0. The van der Waals surface area contributed by atoms with Crippen molar-refractivity contribution in [2.75, 3.05) is 27.2 Å². The minimum Gasteiger partial charge on any atom is -0.493 e. The maximum Gasteiger partial charge on any atom is 0.220 e. The van der Waals surface area contributed by atoms with Crippen molar-refractivity contribution in [3.63, 3.8) is 0 Å². The summed E-state index contributed by atoms with van der Waals surface area (Å²) in [5, 5.41) is 3.01. The van der Waals surface area contributed by atoms with Crippen LogP contribution < -0.4 is 10.1 Å². The summed E-state index contributed by atoms with van der Waals surface area (Å²) in [4.78, 5) is 13.9. The highest BCUT2D eigenvalue weighted by Crippen LogP contribution is 2.29. The van der Waals surface area contributed by atoms with Crippen molar-refractivity contribution in [2.24, 2.45) is 0 Å². The summed E-state index contributed by atoms with van der Waals surface area (Å²) < 4.78 is 5.54. The molecule has 1 N–H and O–H groups in total. The standard InChI is InChI=1S/C17H24N2O2/c1-4-5-6-17(20)18-12-15(19(2)3)13-7-8-16-14(11-13)9-10-21-16/h4,7-8,11,15H,1,5-6,9-10,12H2,2-3H3,(H,18,20). The van der Waals surface area contributed by atoms with Crippen molar-refractivity contribution in [2.45, 2.75) is 25.3 Å². The number of fused-ring (bicyclic) bond motifs is 1. The van der Waals surface area contributed by atoms with Gasteiger partial charge in [0.15, 0.2) is 0 Å². The lowest BCUT2D eigenvalue weighted by atomic mass is 10.0. The first-order chi connectivity index (χ1) is 10.1. The van der Waals surface area contributed by atoms with E-state index in [1.165, 1.54) is 11.1 Å². The van der Waals surface area contributed by atoms with Crippen LogP contribution in [0.1, 0.15) is 30.0 Å². The van der Waals surface area contributed by atoms with Gasteiger partial charge in [-0.3, -0.25) is 4.79 Å². The Hall–Kier alpha value is -1.81. The summed E-state index contributed by atoms with van der Waals surface area (Å²) in [6, 6.07) is 6.49. The number of carbonyl (C=O) groups is 1. The van der Waals surface area contributed by atoms with Gasteiger partial charge in [0.05, 0.1) is 12.6 Å². The molecule has 0 aliphatic carbocycles. The highest BCUT2D eigenvalue weighted by atomic mass is 16.5. The Labute approximate surface area is 126 Å². The van der Waals surface area contributed by atoms with Crippen LogP contribution in [-0.2, 0) is 11.2 Å². The smallest absolute Gasteiger partial charge is 0.220 e. The third-order valence-corrected chi connectivity index (χ3v) is 3.79. The molecule has 4 heteroatoms. The van der Waals surface area contributed by atoms with Crippen LogP contribution >= 0.6 is 0 Å². The molecule has 1 aromatic carbocycles. The zero-order chi connectivity index (χ0) is 15.2. The number of rotatable bonds is 7. The van der Waals surface area contributed by atoms with Gasteiger partial charge in [-0.1, -0.05) is 18.2 Å². The zero-order valence-electron chi connectivity index (χ0n) is 12.9. The van der Waals surface area contributed by atoms with Crippen LogP contribution in [0.3, 0.4) is 0 Å². The molecule has 1 aliphatic rings. The Bertz CT molecular complexity index is 512. The predicted octanol–water partition coefficient (Wildman–Crippen LogP) is 2.31. The summed E-state index contributed by atoms with van der Waals surface area (Å²) in [6.45, 7) is 5.02. The van der Waals surface area contributed by atoms with Crippen LogP contribution in [0.2, 0.25) is 0 Å². The van der Waals surface area contributed by atoms with E-state index in [4.69, 9.17) is 4.74 Å². The molecule has 0 saturated heterocycles. The Morgan fingerprint density at radius 3 is 3.05 bits per heavy atom. The monoisotopic (exact) mass is 288 g/mol. The largest absolute Gasteiger partial charge is 0.493 e. The lowest BCUT2D eigenvalue weighted by molar-refractivity contribution is -0.121. The fourth-order valence-corrected chi connectivity index (χ4v) is 2.54. The van der Waals surface area contributed by atoms with Crippen molar-refractivity contribution >= 4 is 5.91 Å². The molecule has 0 radical (unpaired) electrons. The maximum atomic E-state index is 11.8. The van der Waals surface area contributed by atoms with Crippen LogP contribution in [0, 0.1) is 0 Å². The summed E-state index contributed by atoms with van der Waals surface area (Å²) in [5.41, 5.74) is 2.48. The predicted molar refractivity (Wildman–Crippen MR) is 84.5 cm³/mol. The van der Waals surface area contributed by atoms with Crippen LogP contribution in [0.25, 0.3) is 0 Å². The highest BCUT2D eigenvalue weighted by molar-refractivity contribution is 5.76. The first-order valence-electron chi connectivity index (χ1n) is 7.41. The third kappa shape index (κ3) is 4.08. The van der Waals surface area contributed by atoms with E-state index in [0.29, 0.717) is 19.4 Å². The van der Waals surface area contributed by atoms with E-state index in [1.54, 1.807) is 6.08 Å². The average molecular weight is 288 g/mol. The SMILES string of the molecule is C=CCCC(=O)NCC(c1ccc2c(c1)CCO2)N(C)C. The minimum absolute atomic E-state index is 0.0752. The number of likely N-dealkylation sites (N-methyl/N-ethyl adjacent to an activating group) is 1. The van der Waals surface area contributed by atoms with E-state index in [1.807, 2.05) is 20.2 Å². The number of allylic oxidation sites excluding steroid dienone is 1. The Morgan fingerprint density at radius 1 is 1.52 bits per heavy atom. The molecule has 1 unspecified atom stereocenters. The second kappa shape index (κ2) is 7.27. The molecule has 4 nitrogen and oxygen atoms in total. The van der Waals surface area contributed by atoms with E-state index in [-0.39, 0.29) is 11.9 Å². The number of hydrogen-bond donors (Lipinski definition) is 1. The first kappa shape index (κ1) is 15.6. The van der Waals surface area contributed by atoms with E-state index >= 15 is 0 Å². The van der Waals surface area contributed by atoms with Gasteiger partial charge in [-0.05, 0) is 37.7 Å². The van der Waals surface area contributed by atoms with Gasteiger partial charge in [-0.2, -0.15) is 0 Å². The average Bonchev–Trinajstić information content (AvgIpc) is 2.92. The molecule has 0 fully saturated rings. The van der Waals surface area contributed by atoms with Crippen molar-refractivity contribution in [1.82, 2.24) is 10.2 Å². The van der Waals surface area contributed by atoms with Crippen molar-refractivity contribution < 1.29 is 9.53 Å². The second-order valence-electron chi connectivity index (χ2n) is 5.58. The summed E-state index contributed by atoms with van der Waals surface area (Å²) in [7, 11) is 4.06. The molecule has 2 rings (SSSR count). The van der Waals surface area contributed by atoms with E-state index < -0.39 is 0 Å². The van der Waals surface area contributed by atoms with Crippen molar-refractivity contribution in [1.29, 1.82) is 0 Å². The first-order valence-corrected chi connectivity index (χ1v) is 7.41. The summed E-state index contributed by atoms with van der Waals surface area (Å²) in [6.07, 6.45) is 3.95. The van der Waals surface area contributed by atoms with Crippen molar-refractivity contribution in [3.05, 3.63) is 42.0 Å². The van der Waals surface area contributed by atoms with Gasteiger partial charge >= 0.3 is 0 Å². The number of nitrogens with one attached hydrogen (secondary N) is 1. The molecule has 1 amide bonds. The molecular formula is C17H24N2O2. The number of ether oxygens (including phenoxy) is 1. The molecular weight excluding hydrogens is 264 g/mol. The lowest BCUT2D eigenvalue weighted by Gasteiger charge is -2.25. The van der Waals surface area contributed by atoms with Crippen LogP contribution in [0.4, 0.5) is 0 Å². The lowest BCUT2D eigenvalue weighted by Crippen LogP contribution is -2.34. The third-order valence-electron chi connectivity index (χ3n) is 3.79. The molecule has 1 atom stereocenters. The highest BCUT2D eigenvalue weighted by Gasteiger charge is 2.19. The van der Waals surface area contributed by atoms with Gasteiger partial charge in [0.2, 0.25) is 5.91 Å². The summed E-state index contributed by atoms with van der Waals surface area (Å²) in [5.74, 6) is 1.07. The van der Waals surface area contributed by atoms with Gasteiger partial charge in [-0.25, -0.2) is 0 Å². The number of hydrogen-bond acceptors (Lipinski definition) is 3. The number of benzene rings is 1. The zero-order valence-corrected chi connectivity index (χ0v) is 12.9. The quantitative estimate of drug-likeness (QED) is 0.783. The van der Waals surface area contributed by atoms with Crippen LogP contribution in [-0.4, -0.2) is 38.1 Å². The van der Waals surface area contributed by atoms with E-state index in [2.05, 4.69) is 28.9 Å². The molecule has 0 spiro atoms.